The van der Waals surface area contributed by atoms with Crippen molar-refractivity contribution >= 4 is 15.8 Å². The molecule has 11 heavy (non-hydrogen) atoms. The largest absolute Gasteiger partial charge is 0.398 e. The van der Waals surface area contributed by atoms with E-state index in [1.807, 2.05) is 0 Å². The molecule has 0 aromatic heterocycles. The first kappa shape index (κ1) is 8.03. The van der Waals surface area contributed by atoms with Gasteiger partial charge in [0.15, 0.2) is 0 Å². The van der Waals surface area contributed by atoms with Crippen LogP contribution in [0, 0.1) is 6.07 Å². The zero-order valence-corrected chi connectivity index (χ0v) is 6.30. The highest BCUT2D eigenvalue weighted by Crippen LogP contribution is 2.15. The zero-order chi connectivity index (χ0) is 8.48. The Kier molecular flexibility index (Phi) is 1.84. The highest BCUT2D eigenvalue weighted by molar-refractivity contribution is 7.86. The molecule has 0 fully saturated rings. The third kappa shape index (κ3) is 1.69. The van der Waals surface area contributed by atoms with Gasteiger partial charge in [-0.2, -0.15) is 8.42 Å². The molecule has 0 unspecified atom stereocenters. The molecule has 1 rings (SSSR count). The van der Waals surface area contributed by atoms with Crippen LogP contribution in [-0.2, 0) is 10.1 Å². The summed E-state index contributed by atoms with van der Waals surface area (Å²) in [5.74, 6) is 0. The van der Waals surface area contributed by atoms with Gasteiger partial charge in [0.25, 0.3) is 10.1 Å². The summed E-state index contributed by atoms with van der Waals surface area (Å²) < 4.78 is 29.6. The van der Waals surface area contributed by atoms with Gasteiger partial charge in [0.2, 0.25) is 0 Å². The molecule has 0 saturated heterocycles. The molecule has 59 valence electrons. The number of benzene rings is 1. The molecule has 0 aliphatic carbocycles. The van der Waals surface area contributed by atoms with Crippen LogP contribution in [0.1, 0.15) is 0 Å². The summed E-state index contributed by atoms with van der Waals surface area (Å²) in [4.78, 5) is -0.281. The maximum atomic E-state index is 10.5. The van der Waals surface area contributed by atoms with Crippen LogP contribution in [0.5, 0.6) is 0 Å². The lowest BCUT2D eigenvalue weighted by molar-refractivity contribution is 0.483. The first-order valence-corrected chi connectivity index (χ1v) is 4.19. The molecule has 0 atom stereocenters. The Morgan fingerprint density at radius 1 is 1.55 bits per heavy atom. The highest BCUT2D eigenvalue weighted by Gasteiger charge is 2.11. The molecule has 0 aliphatic rings. The van der Waals surface area contributed by atoms with Crippen molar-refractivity contribution in [2.24, 2.45) is 0 Å². The number of anilines is 1. The Labute approximate surface area is 64.4 Å². The van der Waals surface area contributed by atoms with Crippen molar-refractivity contribution in [1.29, 1.82) is 0 Å². The van der Waals surface area contributed by atoms with Crippen molar-refractivity contribution in [1.82, 2.24) is 0 Å². The summed E-state index contributed by atoms with van der Waals surface area (Å²) in [7, 11) is -4.18. The number of hydrogen-bond donors (Lipinski definition) is 2. The number of hydrogen-bond acceptors (Lipinski definition) is 3. The first-order chi connectivity index (χ1) is 5.02. The fraction of sp³-hybridized carbons (Fsp3) is 0. The minimum atomic E-state index is -4.18. The first-order valence-electron chi connectivity index (χ1n) is 2.75. The predicted octanol–water partition coefficient (Wildman–Crippen LogP) is 0.316. The molecule has 0 spiro atoms. The molecule has 1 radical (unpaired) electrons. The standard InChI is InChI=1S/C6H6NO3S/c7-5-3-1-2-4-6(5)11(8,9)10/h2-4H,7H2,(H,8,9,10). The maximum absolute atomic E-state index is 10.5. The van der Waals surface area contributed by atoms with E-state index < -0.39 is 10.1 Å². The van der Waals surface area contributed by atoms with E-state index in [1.54, 1.807) is 0 Å². The van der Waals surface area contributed by atoms with E-state index in [-0.39, 0.29) is 10.6 Å². The van der Waals surface area contributed by atoms with E-state index in [4.69, 9.17) is 10.3 Å². The summed E-state index contributed by atoms with van der Waals surface area (Å²) in [5, 5.41) is 0. The topological polar surface area (TPSA) is 80.4 Å². The SMILES string of the molecule is Nc1c[c]ccc1S(=O)(=O)O. The van der Waals surface area contributed by atoms with Crippen LogP contribution in [-0.4, -0.2) is 13.0 Å². The molecule has 4 nitrogen and oxygen atoms in total. The smallest absolute Gasteiger partial charge is 0.296 e. The monoisotopic (exact) mass is 172 g/mol. The van der Waals surface area contributed by atoms with E-state index in [9.17, 15) is 8.42 Å². The number of nitrogen functional groups attached to an aromatic ring is 1. The van der Waals surface area contributed by atoms with Crippen molar-refractivity contribution in [2.45, 2.75) is 4.90 Å². The van der Waals surface area contributed by atoms with Gasteiger partial charge in [-0.05, 0) is 18.2 Å². The lowest BCUT2D eigenvalue weighted by Crippen LogP contribution is -2.02. The minimum absolute atomic E-state index is 0.00463. The molecular weight excluding hydrogens is 166 g/mol. The third-order valence-electron chi connectivity index (χ3n) is 1.13. The van der Waals surface area contributed by atoms with Gasteiger partial charge in [0, 0.05) is 0 Å². The fourth-order valence-corrected chi connectivity index (χ4v) is 1.26. The number of rotatable bonds is 1. The van der Waals surface area contributed by atoms with Crippen LogP contribution < -0.4 is 5.73 Å². The second-order valence-corrected chi connectivity index (χ2v) is 3.33. The van der Waals surface area contributed by atoms with Crippen molar-refractivity contribution in [3.8, 4) is 0 Å². The van der Waals surface area contributed by atoms with Crippen LogP contribution in [0.25, 0.3) is 0 Å². The third-order valence-corrected chi connectivity index (χ3v) is 2.06. The Balaban J connectivity index is 3.37. The minimum Gasteiger partial charge on any atom is -0.398 e. The maximum Gasteiger partial charge on any atom is 0.296 e. The van der Waals surface area contributed by atoms with Crippen LogP contribution in [0.15, 0.2) is 23.1 Å². The summed E-state index contributed by atoms with van der Waals surface area (Å²) in [6.45, 7) is 0. The van der Waals surface area contributed by atoms with Gasteiger partial charge in [-0.3, -0.25) is 4.55 Å². The predicted molar refractivity (Wildman–Crippen MR) is 39.5 cm³/mol. The van der Waals surface area contributed by atoms with E-state index in [0.717, 1.165) is 0 Å². The normalized spacial score (nSPS) is 11.4. The molecule has 1 aromatic rings. The van der Waals surface area contributed by atoms with Gasteiger partial charge < -0.3 is 5.73 Å². The second-order valence-electron chi connectivity index (χ2n) is 1.94. The zero-order valence-electron chi connectivity index (χ0n) is 5.48. The van der Waals surface area contributed by atoms with Crippen LogP contribution in [0.4, 0.5) is 5.69 Å². The van der Waals surface area contributed by atoms with Crippen molar-refractivity contribution in [3.63, 3.8) is 0 Å². The second kappa shape index (κ2) is 2.52. The molecule has 0 bridgehead atoms. The quantitative estimate of drug-likeness (QED) is 0.472. The van der Waals surface area contributed by atoms with Crippen LogP contribution >= 0.6 is 0 Å². The van der Waals surface area contributed by atoms with Gasteiger partial charge in [-0.15, -0.1) is 0 Å². The van der Waals surface area contributed by atoms with Crippen molar-refractivity contribution in [3.05, 3.63) is 24.3 Å². The number of nitrogens with two attached hydrogens (primary N) is 1. The van der Waals surface area contributed by atoms with Gasteiger partial charge in [0.05, 0.1) is 5.69 Å². The Bertz CT molecular complexity index is 358. The molecule has 3 N–H and O–H groups in total. The van der Waals surface area contributed by atoms with Crippen molar-refractivity contribution < 1.29 is 13.0 Å². The molecule has 0 saturated carbocycles. The molecule has 0 amide bonds. The highest BCUT2D eigenvalue weighted by atomic mass is 32.2. The molecule has 0 aliphatic heterocycles. The van der Waals surface area contributed by atoms with Gasteiger partial charge in [-0.1, -0.05) is 6.07 Å². The Hall–Kier alpha value is -1.07. The molecule has 5 heteroatoms. The fourth-order valence-electron chi connectivity index (χ4n) is 0.664. The van der Waals surface area contributed by atoms with Gasteiger partial charge in [-0.25, -0.2) is 0 Å². The molecular formula is C6H6NO3S. The van der Waals surface area contributed by atoms with Crippen LogP contribution in [0.2, 0.25) is 0 Å². The van der Waals surface area contributed by atoms with Gasteiger partial charge >= 0.3 is 0 Å². The average Bonchev–Trinajstić information content (AvgIpc) is 1.86. The Morgan fingerprint density at radius 3 is 2.55 bits per heavy atom. The summed E-state index contributed by atoms with van der Waals surface area (Å²) in [6, 6.07) is 6.40. The van der Waals surface area contributed by atoms with E-state index in [2.05, 4.69) is 6.07 Å². The Morgan fingerprint density at radius 2 is 2.18 bits per heavy atom. The summed E-state index contributed by atoms with van der Waals surface area (Å²) >= 11 is 0. The molecule has 1 aromatic carbocycles. The summed E-state index contributed by atoms with van der Waals surface area (Å²) in [5.41, 5.74) is 5.23. The van der Waals surface area contributed by atoms with Crippen molar-refractivity contribution in [2.75, 3.05) is 5.73 Å². The van der Waals surface area contributed by atoms with Gasteiger partial charge in [0.1, 0.15) is 4.90 Å². The van der Waals surface area contributed by atoms with Crippen LogP contribution in [0.3, 0.4) is 0 Å². The lowest BCUT2D eigenvalue weighted by Gasteiger charge is -1.98. The van der Waals surface area contributed by atoms with E-state index >= 15 is 0 Å². The molecule has 0 heterocycles. The lowest BCUT2D eigenvalue weighted by atomic mass is 10.3. The van der Waals surface area contributed by atoms with E-state index in [0.29, 0.717) is 0 Å². The average molecular weight is 172 g/mol. The summed E-state index contributed by atoms with van der Waals surface area (Å²) in [6.07, 6.45) is 0. The van der Waals surface area contributed by atoms with E-state index in [1.165, 1.54) is 18.2 Å².